The van der Waals surface area contributed by atoms with E-state index >= 15 is 0 Å². The number of aromatic nitrogens is 2. The van der Waals surface area contributed by atoms with Gasteiger partial charge >= 0.3 is 17.1 Å². The second-order valence-electron chi connectivity index (χ2n) is 2.22. The van der Waals surface area contributed by atoms with Crippen LogP contribution in [0.1, 0.15) is 5.69 Å². The van der Waals surface area contributed by atoms with Crippen LogP contribution in [-0.4, -0.2) is 28.5 Å². The first-order chi connectivity index (χ1) is 7.06. The normalized spacial score (nSPS) is 8.81. The molecule has 0 aliphatic heterocycles. The number of aliphatic carboxylic acids is 2. The molecule has 0 saturated heterocycles. The molecule has 0 saturated carbocycles. The number of nitrogens with one attached hydrogen (secondary N) is 1. The van der Waals surface area contributed by atoms with E-state index in [-0.39, 0.29) is 23.6 Å². The van der Waals surface area contributed by atoms with Gasteiger partial charge in [0.05, 0.1) is 24.0 Å². The third-order valence-corrected chi connectivity index (χ3v) is 1.08. The molecule has 8 heteroatoms. The summed E-state index contributed by atoms with van der Waals surface area (Å²) < 4.78 is 0. The number of carboxylic acids is 2. The summed E-state index contributed by atoms with van der Waals surface area (Å²) in [4.78, 5) is 25.4. The van der Waals surface area contributed by atoms with Crippen molar-refractivity contribution in [2.75, 3.05) is 6.54 Å². The first-order valence-corrected chi connectivity index (χ1v) is 3.84. The van der Waals surface area contributed by atoms with Gasteiger partial charge in [-0.25, -0.2) is 4.98 Å². The Balaban J connectivity index is 0. The number of carbonyl (C=O) groups excluding carboxylic acids is 2. The third kappa shape index (κ3) is 10.5. The van der Waals surface area contributed by atoms with Gasteiger partial charge in [0.1, 0.15) is 0 Å². The molecule has 0 unspecified atom stereocenters. The van der Waals surface area contributed by atoms with Crippen molar-refractivity contribution in [3.8, 4) is 0 Å². The molecule has 3 N–H and O–H groups in total. The summed E-state index contributed by atoms with van der Waals surface area (Å²) in [6.45, 7) is -0.389. The van der Waals surface area contributed by atoms with E-state index < -0.39 is 11.9 Å². The van der Waals surface area contributed by atoms with Gasteiger partial charge in [-0.15, -0.1) is 0 Å². The Bertz CT molecular complexity index is 337. The Morgan fingerprint density at radius 1 is 1.50 bits per heavy atom. The summed E-state index contributed by atoms with van der Waals surface area (Å²) in [5.74, 6) is -2.44. The van der Waals surface area contributed by atoms with E-state index in [9.17, 15) is 9.90 Å². The fraction of sp³-hybridized carbons (Fsp3) is 0.125. The number of carboxylic acid groups (broad SMARTS) is 2. The Kier molecular flexibility index (Phi) is 10.4. The topological polar surface area (TPSA) is 135 Å². The fourth-order valence-electron chi connectivity index (χ4n) is 0.516. The van der Waals surface area contributed by atoms with Gasteiger partial charge in [-0.1, -0.05) is 0 Å². The molecule has 0 bridgehead atoms. The van der Waals surface area contributed by atoms with Gasteiger partial charge in [-0.05, 0) is 12.2 Å². The summed E-state index contributed by atoms with van der Waals surface area (Å²) in [5, 5.41) is 19.0. The monoisotopic (exact) mass is 266 g/mol. The molecule has 87 valence electrons. The largest absolute Gasteiger partial charge is 2.00 e. The van der Waals surface area contributed by atoms with E-state index in [0.717, 1.165) is 6.08 Å². The molecule has 0 aliphatic carbocycles. The average molecular weight is 266 g/mol. The van der Waals surface area contributed by atoms with Crippen molar-refractivity contribution >= 4 is 18.0 Å². The molecule has 7 nitrogen and oxygen atoms in total. The van der Waals surface area contributed by atoms with Crippen LogP contribution in [0.2, 0.25) is 0 Å². The van der Waals surface area contributed by atoms with E-state index in [4.69, 9.17) is 9.90 Å². The predicted octanol–water partition coefficient (Wildman–Crippen LogP) is -3.13. The summed E-state index contributed by atoms with van der Waals surface area (Å²) in [6.07, 6.45) is 5.33. The SMILES string of the molecule is NCC(=O)[O-].O=C([O-])C=Cc1c[nH]cn1.[Mn+2]. The summed E-state index contributed by atoms with van der Waals surface area (Å²) >= 11 is 0. The van der Waals surface area contributed by atoms with Crippen LogP contribution in [0.5, 0.6) is 0 Å². The maximum Gasteiger partial charge on any atom is 2.00 e. The first kappa shape index (κ1) is 16.8. The van der Waals surface area contributed by atoms with Crippen molar-refractivity contribution in [3.05, 3.63) is 24.3 Å². The Labute approximate surface area is 102 Å². The number of aromatic amines is 1. The quantitative estimate of drug-likeness (QED) is 0.438. The number of hydrogen-bond donors (Lipinski definition) is 2. The van der Waals surface area contributed by atoms with Crippen LogP contribution >= 0.6 is 0 Å². The molecule has 0 fully saturated rings. The van der Waals surface area contributed by atoms with Crippen molar-refractivity contribution in [1.82, 2.24) is 9.97 Å². The Hall–Kier alpha value is -1.63. The molecule has 1 heterocycles. The van der Waals surface area contributed by atoms with Crippen LogP contribution in [0.15, 0.2) is 18.6 Å². The first-order valence-electron chi connectivity index (χ1n) is 3.84. The van der Waals surface area contributed by atoms with Crippen molar-refractivity contribution < 1.29 is 36.9 Å². The summed E-state index contributed by atoms with van der Waals surface area (Å²) in [5.41, 5.74) is 5.08. The van der Waals surface area contributed by atoms with Crippen LogP contribution < -0.4 is 15.9 Å². The Morgan fingerprint density at radius 2 is 2.06 bits per heavy atom. The van der Waals surface area contributed by atoms with E-state index in [0.29, 0.717) is 5.69 Å². The maximum atomic E-state index is 9.86. The molecule has 0 spiro atoms. The minimum atomic E-state index is -1.22. The smallest absolute Gasteiger partial charge is 0.549 e. The van der Waals surface area contributed by atoms with Gasteiger partial charge in [-0.2, -0.15) is 0 Å². The number of carbonyl (C=O) groups is 2. The third-order valence-electron chi connectivity index (χ3n) is 1.08. The number of hydrogen-bond acceptors (Lipinski definition) is 6. The zero-order valence-corrected chi connectivity index (χ0v) is 9.23. The van der Waals surface area contributed by atoms with Crippen molar-refractivity contribution in [1.29, 1.82) is 0 Å². The van der Waals surface area contributed by atoms with Gasteiger partial charge in [0.2, 0.25) is 0 Å². The number of nitrogens with zero attached hydrogens (tertiary/aromatic N) is 1. The number of imidazole rings is 1. The predicted molar refractivity (Wildman–Crippen MR) is 46.7 cm³/mol. The fourth-order valence-corrected chi connectivity index (χ4v) is 0.516. The molecule has 1 aromatic rings. The van der Waals surface area contributed by atoms with Crippen LogP contribution in [0.3, 0.4) is 0 Å². The maximum absolute atomic E-state index is 9.86. The molecule has 1 rings (SSSR count). The van der Waals surface area contributed by atoms with E-state index in [1.54, 1.807) is 6.20 Å². The van der Waals surface area contributed by atoms with Crippen molar-refractivity contribution in [3.63, 3.8) is 0 Å². The van der Waals surface area contributed by atoms with Crippen molar-refractivity contribution in [2.24, 2.45) is 5.73 Å². The minimum Gasteiger partial charge on any atom is -0.549 e. The summed E-state index contributed by atoms with van der Waals surface area (Å²) in [6, 6.07) is 0. The summed E-state index contributed by atoms with van der Waals surface area (Å²) in [7, 11) is 0. The van der Waals surface area contributed by atoms with Gasteiger partial charge in [0, 0.05) is 12.7 Å². The van der Waals surface area contributed by atoms with Gasteiger partial charge in [-0.3, -0.25) is 0 Å². The second kappa shape index (κ2) is 9.91. The molecular formula is C8H9MnN3O4. The number of nitrogens with two attached hydrogens (primary N) is 1. The van der Waals surface area contributed by atoms with Crippen LogP contribution in [0.4, 0.5) is 0 Å². The molecule has 0 atom stereocenters. The van der Waals surface area contributed by atoms with Crippen LogP contribution in [0, 0.1) is 0 Å². The van der Waals surface area contributed by atoms with Crippen LogP contribution in [0.25, 0.3) is 6.08 Å². The van der Waals surface area contributed by atoms with E-state index in [2.05, 4.69) is 15.7 Å². The second-order valence-corrected chi connectivity index (χ2v) is 2.22. The average Bonchev–Trinajstić information content (AvgIpc) is 2.68. The zero-order chi connectivity index (χ0) is 11.7. The van der Waals surface area contributed by atoms with E-state index in [1.165, 1.54) is 12.4 Å². The number of rotatable bonds is 3. The molecule has 1 radical (unpaired) electrons. The molecule has 16 heavy (non-hydrogen) atoms. The van der Waals surface area contributed by atoms with Gasteiger partial charge in [0.15, 0.2) is 0 Å². The molecule has 1 aromatic heterocycles. The minimum absolute atomic E-state index is 0. The Morgan fingerprint density at radius 3 is 2.38 bits per heavy atom. The number of H-pyrrole nitrogens is 1. The standard InChI is InChI=1S/C6H6N2O2.C2H5NO2.Mn/c9-6(10)2-1-5-3-7-4-8-5;3-1-2(4)5;/h1-4H,(H,7,8)(H,9,10);1,3H2,(H,4,5);/q;;+2/p-2. The zero-order valence-electron chi connectivity index (χ0n) is 8.05. The van der Waals surface area contributed by atoms with Gasteiger partial charge in [0.25, 0.3) is 0 Å². The molecule has 0 amide bonds. The van der Waals surface area contributed by atoms with E-state index in [1.807, 2.05) is 0 Å². The van der Waals surface area contributed by atoms with Gasteiger partial charge < -0.3 is 30.5 Å². The van der Waals surface area contributed by atoms with Crippen LogP contribution in [-0.2, 0) is 26.7 Å². The van der Waals surface area contributed by atoms with Crippen molar-refractivity contribution in [2.45, 2.75) is 0 Å². The molecule has 0 aliphatic rings. The molecular weight excluding hydrogens is 257 g/mol. The molecule has 0 aromatic carbocycles.